The molecule has 32 heavy (non-hydrogen) atoms. The summed E-state index contributed by atoms with van der Waals surface area (Å²) in [5.74, 6) is 0.0397. The fourth-order valence-corrected chi connectivity index (χ4v) is 5.06. The molecule has 0 radical (unpaired) electrons. The summed E-state index contributed by atoms with van der Waals surface area (Å²) in [5.41, 5.74) is 1.51. The Morgan fingerprint density at radius 2 is 1.78 bits per heavy atom. The van der Waals surface area contributed by atoms with Crippen LogP contribution in [0, 0.1) is 0 Å². The highest BCUT2D eigenvalue weighted by Gasteiger charge is 2.26. The fraction of sp³-hybridized carbons (Fsp3) is 0.375. The van der Waals surface area contributed by atoms with Crippen LogP contribution in [0.2, 0.25) is 0 Å². The number of carbonyl (C=O) groups excluding carboxylic acids is 1. The van der Waals surface area contributed by atoms with Crippen LogP contribution in [0.1, 0.15) is 29.8 Å². The first-order chi connectivity index (χ1) is 15.3. The van der Waals surface area contributed by atoms with E-state index in [1.54, 1.807) is 24.8 Å². The first-order valence-corrected chi connectivity index (χ1v) is 12.2. The van der Waals surface area contributed by atoms with Crippen LogP contribution >= 0.6 is 0 Å². The molecule has 0 spiro atoms. The number of piperazine rings is 1. The summed E-state index contributed by atoms with van der Waals surface area (Å²) < 4.78 is 33.1. The molecular weight excluding hydrogens is 426 g/mol. The Bertz CT molecular complexity index is 1040. The van der Waals surface area contributed by atoms with Crippen LogP contribution in [0.3, 0.4) is 0 Å². The minimum absolute atomic E-state index is 0.0239. The molecular formula is C24H31N3O4S. The van der Waals surface area contributed by atoms with Crippen LogP contribution in [0.25, 0.3) is 6.08 Å². The van der Waals surface area contributed by atoms with Crippen molar-refractivity contribution in [2.24, 2.45) is 0 Å². The van der Waals surface area contributed by atoms with Crippen molar-refractivity contribution < 1.29 is 17.9 Å². The average Bonchev–Trinajstić information content (AvgIpc) is 2.78. The monoisotopic (exact) mass is 457 g/mol. The van der Waals surface area contributed by atoms with Crippen molar-refractivity contribution in [1.82, 2.24) is 14.5 Å². The van der Waals surface area contributed by atoms with Crippen LogP contribution in [0.15, 0.2) is 59.5 Å². The first-order valence-electron chi connectivity index (χ1n) is 10.7. The Morgan fingerprint density at radius 1 is 1.09 bits per heavy atom. The zero-order valence-corrected chi connectivity index (χ0v) is 19.6. The molecule has 172 valence electrons. The number of methoxy groups -OCH3 is 1. The number of sulfonamides is 1. The molecule has 3 rings (SSSR count). The highest BCUT2D eigenvalue weighted by Crippen LogP contribution is 2.26. The molecule has 0 aromatic heterocycles. The van der Waals surface area contributed by atoms with E-state index < -0.39 is 10.0 Å². The number of nitrogens with zero attached hydrogens (tertiary/aromatic N) is 2. The maximum absolute atomic E-state index is 13.0. The van der Waals surface area contributed by atoms with Gasteiger partial charge in [0.1, 0.15) is 10.6 Å². The second-order valence-corrected chi connectivity index (χ2v) is 9.73. The molecule has 0 saturated carbocycles. The van der Waals surface area contributed by atoms with Gasteiger partial charge < -0.3 is 9.64 Å². The number of amides is 1. The Labute approximate surface area is 190 Å². The van der Waals surface area contributed by atoms with Crippen molar-refractivity contribution in [3.8, 4) is 5.75 Å². The second-order valence-electron chi connectivity index (χ2n) is 8.05. The van der Waals surface area contributed by atoms with Gasteiger partial charge in [0, 0.05) is 44.3 Å². The van der Waals surface area contributed by atoms with Crippen LogP contribution in [0.4, 0.5) is 0 Å². The summed E-state index contributed by atoms with van der Waals surface area (Å²) in [4.78, 5) is 17.1. The van der Waals surface area contributed by atoms with Crippen molar-refractivity contribution >= 4 is 22.0 Å². The third-order valence-electron chi connectivity index (χ3n) is 5.22. The number of hydrogen-bond donors (Lipinski definition) is 1. The van der Waals surface area contributed by atoms with Crippen LogP contribution in [0.5, 0.6) is 5.75 Å². The molecule has 1 fully saturated rings. The molecule has 0 atom stereocenters. The van der Waals surface area contributed by atoms with E-state index in [0.717, 1.165) is 19.6 Å². The van der Waals surface area contributed by atoms with Gasteiger partial charge in [0.15, 0.2) is 0 Å². The third-order valence-corrected chi connectivity index (χ3v) is 6.90. The molecule has 1 aliphatic rings. The maximum atomic E-state index is 13.0. The quantitative estimate of drug-likeness (QED) is 0.660. The first kappa shape index (κ1) is 24.0. The lowest BCUT2D eigenvalue weighted by atomic mass is 10.1. The molecule has 1 saturated heterocycles. The topological polar surface area (TPSA) is 79.0 Å². The zero-order chi connectivity index (χ0) is 23.1. The van der Waals surface area contributed by atoms with Crippen molar-refractivity contribution in [1.29, 1.82) is 0 Å². The molecule has 1 N–H and O–H groups in total. The van der Waals surface area contributed by atoms with E-state index in [9.17, 15) is 13.2 Å². The van der Waals surface area contributed by atoms with E-state index in [4.69, 9.17) is 4.74 Å². The molecule has 1 aliphatic heterocycles. The van der Waals surface area contributed by atoms with Gasteiger partial charge in [0.25, 0.3) is 5.91 Å². The predicted octanol–water partition coefficient (Wildman–Crippen LogP) is 2.85. The van der Waals surface area contributed by atoms with E-state index in [1.807, 2.05) is 18.2 Å². The highest BCUT2D eigenvalue weighted by atomic mass is 32.2. The van der Waals surface area contributed by atoms with Crippen molar-refractivity contribution in [3.05, 3.63) is 65.7 Å². The standard InChI is InChI=1S/C24H31N3O4S/c1-19(2)25-32(29,30)23-18-21(11-12-22(23)31-3)24(28)27-16-14-26(15-17-27)13-7-10-20-8-5-4-6-9-20/h4-12,18-19,25H,13-17H2,1-3H3/b10-7+. The molecule has 2 aromatic rings. The third kappa shape index (κ3) is 6.18. The predicted molar refractivity (Wildman–Crippen MR) is 126 cm³/mol. The van der Waals surface area contributed by atoms with Gasteiger partial charge in [-0.3, -0.25) is 9.69 Å². The minimum Gasteiger partial charge on any atom is -0.495 e. The van der Waals surface area contributed by atoms with E-state index in [-0.39, 0.29) is 22.6 Å². The second kappa shape index (κ2) is 10.8. The smallest absolute Gasteiger partial charge is 0.253 e. The van der Waals surface area contributed by atoms with Gasteiger partial charge in [-0.25, -0.2) is 13.1 Å². The van der Waals surface area contributed by atoms with Gasteiger partial charge in [-0.2, -0.15) is 0 Å². The Hall–Kier alpha value is -2.68. The normalized spacial score (nSPS) is 15.4. The van der Waals surface area contributed by atoms with Gasteiger partial charge in [0.2, 0.25) is 10.0 Å². The molecule has 8 heteroatoms. The molecule has 0 unspecified atom stereocenters. The molecule has 0 aliphatic carbocycles. The Balaban J connectivity index is 1.63. The van der Waals surface area contributed by atoms with Crippen LogP contribution < -0.4 is 9.46 Å². The Kier molecular flexibility index (Phi) is 8.06. The van der Waals surface area contributed by atoms with Gasteiger partial charge in [-0.15, -0.1) is 0 Å². The summed E-state index contributed by atoms with van der Waals surface area (Å²) in [6, 6.07) is 14.4. The maximum Gasteiger partial charge on any atom is 0.253 e. The summed E-state index contributed by atoms with van der Waals surface area (Å²) in [6.07, 6.45) is 4.23. The van der Waals surface area contributed by atoms with Crippen molar-refractivity contribution in [3.63, 3.8) is 0 Å². The van der Waals surface area contributed by atoms with Gasteiger partial charge in [0.05, 0.1) is 7.11 Å². The molecule has 1 amide bonds. The van der Waals surface area contributed by atoms with Crippen LogP contribution in [-0.2, 0) is 10.0 Å². The van der Waals surface area contributed by atoms with Crippen LogP contribution in [-0.4, -0.2) is 70.0 Å². The molecule has 0 bridgehead atoms. The van der Waals surface area contributed by atoms with Gasteiger partial charge in [-0.05, 0) is 37.6 Å². The number of hydrogen-bond acceptors (Lipinski definition) is 5. The molecule has 7 nitrogen and oxygen atoms in total. The average molecular weight is 458 g/mol. The van der Waals surface area contributed by atoms with E-state index in [2.05, 4.69) is 33.9 Å². The number of nitrogens with one attached hydrogen (secondary N) is 1. The number of carbonyl (C=O) groups is 1. The highest BCUT2D eigenvalue weighted by molar-refractivity contribution is 7.89. The number of ether oxygens (including phenoxy) is 1. The lowest BCUT2D eigenvalue weighted by Crippen LogP contribution is -2.48. The lowest BCUT2D eigenvalue weighted by Gasteiger charge is -2.34. The zero-order valence-electron chi connectivity index (χ0n) is 18.8. The summed E-state index contributed by atoms with van der Waals surface area (Å²) in [5, 5.41) is 0. The van der Waals surface area contributed by atoms with Gasteiger partial charge in [-0.1, -0.05) is 42.5 Å². The molecule has 1 heterocycles. The summed E-state index contributed by atoms with van der Waals surface area (Å²) in [6.45, 7) is 7.03. The number of benzene rings is 2. The van der Waals surface area contributed by atoms with Crippen molar-refractivity contribution in [2.75, 3.05) is 39.8 Å². The lowest BCUT2D eigenvalue weighted by molar-refractivity contribution is 0.0650. The SMILES string of the molecule is COc1ccc(C(=O)N2CCN(C/C=C/c3ccccc3)CC2)cc1S(=O)(=O)NC(C)C. The number of rotatable bonds is 8. The minimum atomic E-state index is -3.79. The molecule has 2 aromatic carbocycles. The largest absolute Gasteiger partial charge is 0.495 e. The Morgan fingerprint density at radius 3 is 2.41 bits per heavy atom. The van der Waals surface area contributed by atoms with Crippen molar-refractivity contribution in [2.45, 2.75) is 24.8 Å². The van der Waals surface area contributed by atoms with Gasteiger partial charge >= 0.3 is 0 Å². The van der Waals surface area contributed by atoms with E-state index in [1.165, 1.54) is 24.8 Å². The summed E-state index contributed by atoms with van der Waals surface area (Å²) >= 11 is 0. The van der Waals surface area contributed by atoms with E-state index in [0.29, 0.717) is 18.7 Å². The van der Waals surface area contributed by atoms with E-state index >= 15 is 0 Å². The fourth-order valence-electron chi connectivity index (χ4n) is 3.61. The summed E-state index contributed by atoms with van der Waals surface area (Å²) in [7, 11) is -2.38.